The van der Waals surface area contributed by atoms with Crippen LogP contribution in [0.4, 0.5) is 27.5 Å². The molecule has 4 aromatic rings. The molecule has 14 nitrogen and oxygen atoms in total. The first-order chi connectivity index (χ1) is 27.0. The van der Waals surface area contributed by atoms with Crippen molar-refractivity contribution in [1.29, 1.82) is 0 Å². The number of carbonyl (C=O) groups excluding carboxylic acids is 4. The maximum Gasteiger partial charge on any atom is 0.270 e. The standard InChI is InChI=1S/C41H51FN10O4/c1-27(9-14-36(55)45-25-53)50(26-54)22-29-10-12-33(37(42)28(29)2)51-23-41(24-51)15-17-49(18-16-41)32-11-13-35(43-21-32)46-40-44-20-30-19-34(39(56)48(3)4)52(38(30)47-40)31-7-5-6-8-31/h10-13,19-21,25-27,31H,5-9,14-18,22-24H2,1-4H3,(H,45,53,55)(H,43,44,46,47). The molecule has 2 aliphatic heterocycles. The van der Waals surface area contributed by atoms with Crippen molar-refractivity contribution in [2.75, 3.05) is 55.4 Å². The fraction of sp³-hybridized carbons (Fsp3) is 0.488. The van der Waals surface area contributed by atoms with Crippen molar-refractivity contribution >= 4 is 58.8 Å². The average molecular weight is 767 g/mol. The number of fused-ring (bicyclic) bond motifs is 1. The molecule has 5 heterocycles. The van der Waals surface area contributed by atoms with Gasteiger partial charge in [-0.3, -0.25) is 24.5 Å². The monoisotopic (exact) mass is 766 g/mol. The molecule has 56 heavy (non-hydrogen) atoms. The Morgan fingerprint density at radius 3 is 2.45 bits per heavy atom. The number of imide groups is 1. The number of piperidine rings is 1. The van der Waals surface area contributed by atoms with E-state index in [9.17, 15) is 19.2 Å². The number of nitrogens with one attached hydrogen (secondary N) is 2. The highest BCUT2D eigenvalue weighted by atomic mass is 19.1. The summed E-state index contributed by atoms with van der Waals surface area (Å²) in [7, 11) is 3.54. The summed E-state index contributed by atoms with van der Waals surface area (Å²) < 4.78 is 17.9. The second-order valence-electron chi connectivity index (χ2n) is 15.9. The fourth-order valence-corrected chi connectivity index (χ4v) is 8.51. The van der Waals surface area contributed by atoms with Crippen LogP contribution in [0.3, 0.4) is 0 Å². The maximum absolute atomic E-state index is 15.8. The minimum atomic E-state index is -0.399. The smallest absolute Gasteiger partial charge is 0.270 e. The van der Waals surface area contributed by atoms with Crippen molar-refractivity contribution in [2.24, 2.45) is 5.41 Å². The second-order valence-corrected chi connectivity index (χ2v) is 15.9. The molecule has 1 aromatic carbocycles. The van der Waals surface area contributed by atoms with Gasteiger partial charge in [0.2, 0.25) is 24.7 Å². The summed E-state index contributed by atoms with van der Waals surface area (Å²) in [6.07, 6.45) is 11.5. The summed E-state index contributed by atoms with van der Waals surface area (Å²) >= 11 is 0. The van der Waals surface area contributed by atoms with Crippen molar-refractivity contribution in [3.63, 3.8) is 0 Å². The summed E-state index contributed by atoms with van der Waals surface area (Å²) in [6, 6.07) is 9.57. The Balaban J connectivity index is 0.933. The zero-order valence-corrected chi connectivity index (χ0v) is 32.6. The molecule has 1 saturated carbocycles. The van der Waals surface area contributed by atoms with E-state index in [-0.39, 0.29) is 42.2 Å². The molecule has 2 N–H and O–H groups in total. The van der Waals surface area contributed by atoms with E-state index in [4.69, 9.17) is 4.98 Å². The van der Waals surface area contributed by atoms with Crippen LogP contribution in [0.5, 0.6) is 0 Å². The number of hydrogen-bond donors (Lipinski definition) is 2. The lowest BCUT2D eigenvalue weighted by Gasteiger charge is -2.55. The van der Waals surface area contributed by atoms with Crippen LogP contribution in [0.15, 0.2) is 42.7 Å². The number of aromatic nitrogens is 4. The Bertz CT molecular complexity index is 2080. The van der Waals surface area contributed by atoms with Crippen molar-refractivity contribution < 1.29 is 23.6 Å². The highest BCUT2D eigenvalue weighted by Crippen LogP contribution is 2.44. The van der Waals surface area contributed by atoms with E-state index in [1.54, 1.807) is 37.0 Å². The quantitative estimate of drug-likeness (QED) is 0.161. The molecule has 1 spiro atoms. The molecule has 3 fully saturated rings. The van der Waals surface area contributed by atoms with E-state index in [1.165, 1.54) is 0 Å². The minimum absolute atomic E-state index is 0.0407. The van der Waals surface area contributed by atoms with Crippen LogP contribution in [0.2, 0.25) is 0 Å². The van der Waals surface area contributed by atoms with Crippen LogP contribution in [-0.2, 0) is 20.9 Å². The Labute approximate surface area is 326 Å². The van der Waals surface area contributed by atoms with Gasteiger partial charge in [-0.1, -0.05) is 18.9 Å². The van der Waals surface area contributed by atoms with Gasteiger partial charge >= 0.3 is 0 Å². The first-order valence-corrected chi connectivity index (χ1v) is 19.5. The fourth-order valence-electron chi connectivity index (χ4n) is 8.51. The number of rotatable bonds is 14. The molecule has 0 bridgehead atoms. The molecule has 296 valence electrons. The summed E-state index contributed by atoms with van der Waals surface area (Å²) in [4.78, 5) is 68.8. The summed E-state index contributed by atoms with van der Waals surface area (Å²) in [5, 5.41) is 6.21. The SMILES string of the molecule is Cc1c(CN(C=O)C(C)CCC(=O)NC=O)ccc(N2CC3(CCN(c4ccc(Nc5ncc6cc(C(=O)N(C)C)n(C7CCCC7)c6n5)nc4)CC3)C2)c1F. The number of hydrogen-bond acceptors (Lipinski definition) is 10. The number of amides is 4. The van der Waals surface area contributed by atoms with Crippen LogP contribution in [0, 0.1) is 18.2 Å². The van der Waals surface area contributed by atoms with Crippen LogP contribution >= 0.6 is 0 Å². The Hall–Kier alpha value is -5.60. The van der Waals surface area contributed by atoms with Gasteiger partial charge in [-0.2, -0.15) is 4.98 Å². The molecular weight excluding hydrogens is 716 g/mol. The molecule has 15 heteroatoms. The molecule has 4 amide bonds. The predicted molar refractivity (Wildman–Crippen MR) is 212 cm³/mol. The molecule has 1 atom stereocenters. The predicted octanol–water partition coefficient (Wildman–Crippen LogP) is 5.34. The van der Waals surface area contributed by atoms with E-state index in [2.05, 4.69) is 41.0 Å². The number of benzene rings is 1. The Kier molecular flexibility index (Phi) is 11.2. The molecule has 7 rings (SSSR count). The van der Waals surface area contributed by atoms with E-state index < -0.39 is 5.91 Å². The third-order valence-corrected chi connectivity index (χ3v) is 12.0. The molecular formula is C41H51FN10O4. The maximum atomic E-state index is 15.8. The molecule has 2 saturated heterocycles. The van der Waals surface area contributed by atoms with Gasteiger partial charge in [0.25, 0.3) is 5.91 Å². The van der Waals surface area contributed by atoms with E-state index in [0.717, 1.165) is 93.4 Å². The van der Waals surface area contributed by atoms with Crippen molar-refractivity contribution in [3.8, 4) is 0 Å². The van der Waals surface area contributed by atoms with Crippen LogP contribution < -0.4 is 20.4 Å². The number of carbonyl (C=O) groups is 4. The van der Waals surface area contributed by atoms with E-state index in [1.807, 2.05) is 37.4 Å². The largest absolute Gasteiger partial charge is 0.370 e. The lowest BCUT2D eigenvalue weighted by Crippen LogP contribution is -2.60. The first-order valence-electron chi connectivity index (χ1n) is 19.5. The lowest BCUT2D eigenvalue weighted by atomic mass is 9.71. The molecule has 3 aromatic heterocycles. The molecule has 0 radical (unpaired) electrons. The van der Waals surface area contributed by atoms with Crippen molar-refractivity contribution in [1.82, 2.24) is 34.6 Å². The Morgan fingerprint density at radius 2 is 1.79 bits per heavy atom. The van der Waals surface area contributed by atoms with Gasteiger partial charge in [0, 0.05) is 82.3 Å². The topological polar surface area (TPSA) is 149 Å². The van der Waals surface area contributed by atoms with Crippen LogP contribution in [-0.4, -0.2) is 100 Å². The Morgan fingerprint density at radius 1 is 1.04 bits per heavy atom. The number of nitrogens with zero attached hydrogens (tertiary/aromatic N) is 8. The van der Waals surface area contributed by atoms with Gasteiger partial charge in [0.05, 0.1) is 17.6 Å². The van der Waals surface area contributed by atoms with Gasteiger partial charge < -0.3 is 29.5 Å². The molecule has 3 aliphatic rings. The number of halogens is 1. The van der Waals surface area contributed by atoms with Gasteiger partial charge in [-0.25, -0.2) is 14.4 Å². The van der Waals surface area contributed by atoms with Crippen LogP contribution in [0.25, 0.3) is 11.0 Å². The third-order valence-electron chi connectivity index (χ3n) is 12.0. The third kappa shape index (κ3) is 7.89. The zero-order chi connectivity index (χ0) is 39.6. The summed E-state index contributed by atoms with van der Waals surface area (Å²) in [5.41, 5.74) is 4.39. The van der Waals surface area contributed by atoms with E-state index in [0.29, 0.717) is 41.5 Å². The van der Waals surface area contributed by atoms with Gasteiger partial charge in [-0.15, -0.1) is 0 Å². The van der Waals surface area contributed by atoms with Crippen molar-refractivity contribution in [2.45, 2.75) is 83.8 Å². The van der Waals surface area contributed by atoms with Gasteiger partial charge in [0.1, 0.15) is 23.0 Å². The molecule has 1 unspecified atom stereocenters. The van der Waals surface area contributed by atoms with Crippen LogP contribution in [0.1, 0.15) is 85.9 Å². The normalized spacial score (nSPS) is 17.1. The van der Waals surface area contributed by atoms with Gasteiger partial charge in [-0.05, 0) is 81.3 Å². The van der Waals surface area contributed by atoms with Crippen molar-refractivity contribution in [3.05, 3.63) is 65.4 Å². The highest BCUT2D eigenvalue weighted by molar-refractivity contribution is 5.98. The minimum Gasteiger partial charge on any atom is -0.370 e. The number of pyridine rings is 1. The van der Waals surface area contributed by atoms with E-state index >= 15 is 4.39 Å². The lowest BCUT2D eigenvalue weighted by molar-refractivity contribution is -0.126. The highest BCUT2D eigenvalue weighted by Gasteiger charge is 2.45. The first kappa shape index (κ1) is 38.7. The number of anilines is 4. The zero-order valence-electron chi connectivity index (χ0n) is 32.6. The second kappa shape index (κ2) is 16.2. The summed E-state index contributed by atoms with van der Waals surface area (Å²) in [5.74, 6) is 0.361. The average Bonchev–Trinajstić information content (AvgIpc) is 3.85. The summed E-state index contributed by atoms with van der Waals surface area (Å²) in [6.45, 7) is 7.14. The molecule has 1 aliphatic carbocycles. The van der Waals surface area contributed by atoms with Gasteiger partial charge in [0.15, 0.2) is 0 Å².